The molecule has 0 aromatic heterocycles. The summed E-state index contributed by atoms with van der Waals surface area (Å²) in [5.74, 6) is 0.855. The van der Waals surface area contributed by atoms with Crippen molar-refractivity contribution >= 4 is 15.9 Å². The molecule has 9 heteroatoms. The van der Waals surface area contributed by atoms with Gasteiger partial charge in [-0.1, -0.05) is 80.6 Å². The van der Waals surface area contributed by atoms with Gasteiger partial charge in [0.15, 0.2) is 0 Å². The van der Waals surface area contributed by atoms with E-state index in [1.54, 1.807) is 0 Å². The monoisotopic (exact) mass is 646 g/mol. The fraction of sp³-hybridized carbons (Fsp3) is 0.812. The number of ether oxygens (including phenoxy) is 8. The highest BCUT2D eigenvalue weighted by molar-refractivity contribution is 9.10. The molecule has 1 aliphatic rings. The molecule has 2 bridgehead atoms. The first-order chi connectivity index (χ1) is 20.3. The van der Waals surface area contributed by atoms with Crippen molar-refractivity contribution in [2.75, 3.05) is 85.9 Å². The molecule has 0 saturated heterocycles. The molecule has 0 saturated carbocycles. The quantitative estimate of drug-likeness (QED) is 0.228. The topological polar surface area (TPSA) is 73.8 Å². The second kappa shape index (κ2) is 26.8. The van der Waals surface area contributed by atoms with Gasteiger partial charge in [0, 0.05) is 4.47 Å². The van der Waals surface area contributed by atoms with Crippen molar-refractivity contribution in [3.8, 4) is 5.75 Å². The Kier molecular flexibility index (Phi) is 23.8. The van der Waals surface area contributed by atoms with Crippen molar-refractivity contribution in [3.05, 3.63) is 27.7 Å². The van der Waals surface area contributed by atoms with Gasteiger partial charge in [-0.25, -0.2) is 0 Å². The van der Waals surface area contributed by atoms with Gasteiger partial charge in [-0.3, -0.25) is 0 Å². The van der Waals surface area contributed by atoms with Crippen molar-refractivity contribution < 1.29 is 37.9 Å². The maximum absolute atomic E-state index is 6.18. The molecule has 0 unspecified atom stereocenters. The maximum Gasteiger partial charge on any atom is 0.120 e. The summed E-state index contributed by atoms with van der Waals surface area (Å²) in [5.41, 5.74) is 2.07. The zero-order chi connectivity index (χ0) is 29.1. The van der Waals surface area contributed by atoms with E-state index in [0.717, 1.165) is 34.4 Å². The first-order valence-electron chi connectivity index (χ1n) is 15.8. The molecular formula is C32H55BrO8. The van der Waals surface area contributed by atoms with Crippen LogP contribution in [0.3, 0.4) is 0 Å². The highest BCUT2D eigenvalue weighted by Crippen LogP contribution is 2.29. The lowest BCUT2D eigenvalue weighted by Gasteiger charge is -2.15. The molecule has 8 nitrogen and oxygen atoms in total. The third kappa shape index (κ3) is 19.9. The van der Waals surface area contributed by atoms with Crippen LogP contribution in [0, 0.1) is 0 Å². The zero-order valence-corrected chi connectivity index (χ0v) is 27.1. The fourth-order valence-electron chi connectivity index (χ4n) is 4.37. The predicted molar refractivity (Wildman–Crippen MR) is 165 cm³/mol. The Labute approximate surface area is 257 Å². The average Bonchev–Trinajstić information content (AvgIpc) is 2.98. The summed E-state index contributed by atoms with van der Waals surface area (Å²) in [7, 11) is 0. The van der Waals surface area contributed by atoms with E-state index < -0.39 is 0 Å². The first-order valence-corrected chi connectivity index (χ1v) is 16.6. The van der Waals surface area contributed by atoms with E-state index in [-0.39, 0.29) is 0 Å². The highest BCUT2D eigenvalue weighted by atomic mass is 79.9. The Morgan fingerprint density at radius 3 is 1.24 bits per heavy atom. The lowest BCUT2D eigenvalue weighted by Crippen LogP contribution is -2.14. The molecule has 0 N–H and O–H groups in total. The molecule has 1 aromatic rings. The van der Waals surface area contributed by atoms with E-state index >= 15 is 0 Å². The van der Waals surface area contributed by atoms with Crippen molar-refractivity contribution in [1.29, 1.82) is 0 Å². The van der Waals surface area contributed by atoms with Crippen LogP contribution in [-0.2, 0) is 46.4 Å². The molecule has 0 radical (unpaired) electrons. The second-order valence-corrected chi connectivity index (χ2v) is 11.0. The van der Waals surface area contributed by atoms with E-state index in [0.29, 0.717) is 92.5 Å². The Morgan fingerprint density at radius 2 is 0.854 bits per heavy atom. The van der Waals surface area contributed by atoms with Gasteiger partial charge >= 0.3 is 0 Å². The van der Waals surface area contributed by atoms with Crippen LogP contribution in [0.2, 0.25) is 0 Å². The third-order valence-corrected chi connectivity index (χ3v) is 7.73. The summed E-state index contributed by atoms with van der Waals surface area (Å²) >= 11 is 3.77. The fourth-order valence-corrected chi connectivity index (χ4v) is 4.83. The average molecular weight is 648 g/mol. The van der Waals surface area contributed by atoms with Gasteiger partial charge in [0.1, 0.15) is 5.75 Å². The van der Waals surface area contributed by atoms with Gasteiger partial charge in [0.05, 0.1) is 99.1 Å². The molecule has 1 aliphatic heterocycles. The summed E-state index contributed by atoms with van der Waals surface area (Å²) < 4.78 is 46.8. The van der Waals surface area contributed by atoms with E-state index in [2.05, 4.69) is 35.0 Å². The van der Waals surface area contributed by atoms with E-state index in [1.807, 2.05) is 0 Å². The summed E-state index contributed by atoms with van der Waals surface area (Å²) in [5, 5.41) is 0. The van der Waals surface area contributed by atoms with E-state index in [4.69, 9.17) is 37.9 Å². The number of halogens is 1. The lowest BCUT2D eigenvalue weighted by atomic mass is 10.1. The Bertz CT molecular complexity index is 693. The molecule has 0 atom stereocenters. The third-order valence-electron chi connectivity index (χ3n) is 6.71. The van der Waals surface area contributed by atoms with E-state index in [9.17, 15) is 0 Å². The highest BCUT2D eigenvalue weighted by Gasteiger charge is 2.11. The van der Waals surface area contributed by atoms with Crippen LogP contribution in [0.15, 0.2) is 16.6 Å². The summed E-state index contributed by atoms with van der Waals surface area (Å²) in [6.07, 6.45) is 13.1. The summed E-state index contributed by atoms with van der Waals surface area (Å²) in [6, 6.07) is 4.13. The predicted octanol–water partition coefficient (Wildman–Crippen LogP) is 6.88. The standard InChI is InChI=1S/C32H55BrO8/c1-2-3-4-5-6-7-8-9-10-11-12-41-31-25-29-27-39-23-21-37-19-17-35-15-13-34-14-16-36-18-20-38-22-24-40-28-30(26-31)32(29)33/h25-26H,2-24,27-28H2,1H3. The molecule has 0 fully saturated rings. The molecule has 1 aromatic carbocycles. The molecule has 238 valence electrons. The lowest BCUT2D eigenvalue weighted by molar-refractivity contribution is -0.0221. The van der Waals surface area contributed by atoms with Crippen LogP contribution in [0.25, 0.3) is 0 Å². The number of unbranched alkanes of at least 4 members (excludes halogenated alkanes) is 9. The van der Waals surface area contributed by atoms with E-state index in [1.165, 1.54) is 57.8 Å². The summed E-state index contributed by atoms with van der Waals surface area (Å²) in [4.78, 5) is 0. The molecule has 1 heterocycles. The van der Waals surface area contributed by atoms with Gasteiger partial charge in [-0.2, -0.15) is 0 Å². The minimum absolute atomic E-state index is 0.462. The first kappa shape index (κ1) is 36.4. The summed E-state index contributed by atoms with van der Waals surface area (Å²) in [6.45, 7) is 10.2. The number of hydrogen-bond donors (Lipinski definition) is 0. The van der Waals surface area contributed by atoms with Gasteiger partial charge < -0.3 is 37.9 Å². The van der Waals surface area contributed by atoms with Crippen LogP contribution < -0.4 is 4.74 Å². The largest absolute Gasteiger partial charge is 0.494 e. The molecule has 0 spiro atoms. The van der Waals surface area contributed by atoms with Crippen LogP contribution in [-0.4, -0.2) is 85.9 Å². The van der Waals surface area contributed by atoms with Crippen LogP contribution in [0.1, 0.15) is 82.3 Å². The Hall–Kier alpha value is -0.780. The number of fused-ring (bicyclic) bond motifs is 2. The van der Waals surface area contributed by atoms with Crippen molar-refractivity contribution in [2.24, 2.45) is 0 Å². The van der Waals surface area contributed by atoms with Crippen LogP contribution in [0.4, 0.5) is 0 Å². The van der Waals surface area contributed by atoms with Crippen molar-refractivity contribution in [3.63, 3.8) is 0 Å². The second-order valence-electron chi connectivity index (χ2n) is 10.3. The molecular weight excluding hydrogens is 592 g/mol. The van der Waals surface area contributed by atoms with Gasteiger partial charge in [-0.05, 0) is 29.7 Å². The van der Waals surface area contributed by atoms with Gasteiger partial charge in [-0.15, -0.1) is 0 Å². The molecule has 0 aliphatic carbocycles. The number of benzene rings is 1. The van der Waals surface area contributed by atoms with Gasteiger partial charge in [0.25, 0.3) is 0 Å². The smallest absolute Gasteiger partial charge is 0.120 e. The molecule has 2 rings (SSSR count). The Morgan fingerprint density at radius 1 is 0.512 bits per heavy atom. The minimum Gasteiger partial charge on any atom is -0.494 e. The zero-order valence-electron chi connectivity index (χ0n) is 25.5. The molecule has 41 heavy (non-hydrogen) atoms. The Balaban J connectivity index is 1.78. The SMILES string of the molecule is CCCCCCCCCCCCOc1cc2c(Br)c(c1)COCCOCCOCCOCCOCCOCCOC2. The normalized spacial score (nSPS) is 18.0. The van der Waals surface area contributed by atoms with Gasteiger partial charge in [0.2, 0.25) is 0 Å². The molecule has 0 amide bonds. The number of hydrogen-bond acceptors (Lipinski definition) is 8. The minimum atomic E-state index is 0.462. The van der Waals surface area contributed by atoms with Crippen LogP contribution >= 0.6 is 15.9 Å². The van der Waals surface area contributed by atoms with Crippen molar-refractivity contribution in [2.45, 2.75) is 84.3 Å². The van der Waals surface area contributed by atoms with Crippen LogP contribution in [0.5, 0.6) is 5.75 Å². The van der Waals surface area contributed by atoms with Crippen molar-refractivity contribution in [1.82, 2.24) is 0 Å². The number of rotatable bonds is 12. The maximum atomic E-state index is 6.18.